The number of guanidine groups is 1. The molecule has 1 aromatic rings. The minimum atomic E-state index is -0.226. The molecule has 1 fully saturated rings. The summed E-state index contributed by atoms with van der Waals surface area (Å²) < 4.78 is 0. The van der Waals surface area contributed by atoms with Crippen LogP contribution in [0.2, 0.25) is 0 Å². The number of aliphatic imine (C=N–C) groups is 1. The number of hydrogen-bond acceptors (Lipinski definition) is 4. The summed E-state index contributed by atoms with van der Waals surface area (Å²) in [6.45, 7) is 9.08. The molecule has 0 spiro atoms. The van der Waals surface area contributed by atoms with Crippen molar-refractivity contribution < 1.29 is 4.79 Å². The molecule has 1 saturated heterocycles. The van der Waals surface area contributed by atoms with E-state index in [1.54, 1.807) is 6.20 Å². The van der Waals surface area contributed by atoms with Crippen LogP contribution in [0.5, 0.6) is 0 Å². The Morgan fingerprint density at radius 2 is 2.32 bits per heavy atom. The standard InChI is InChI=1S/C18H30N6O/c1-4-20-18(23-13(2)3)22-11-14-7-5-9-21-17(14)24-10-6-8-15(12-24)16(19)25/h5,7,9,13,15H,4,6,8,10-12H2,1-3H3,(H2,19,25)(H2,20,22,23). The number of anilines is 1. The number of amides is 1. The summed E-state index contributed by atoms with van der Waals surface area (Å²) in [5, 5.41) is 6.56. The Hall–Kier alpha value is -2.31. The van der Waals surface area contributed by atoms with E-state index in [-0.39, 0.29) is 11.8 Å². The van der Waals surface area contributed by atoms with Gasteiger partial charge in [-0.2, -0.15) is 0 Å². The maximum Gasteiger partial charge on any atom is 0.222 e. The van der Waals surface area contributed by atoms with E-state index in [0.29, 0.717) is 19.1 Å². The van der Waals surface area contributed by atoms with Crippen molar-refractivity contribution in [3.05, 3.63) is 23.9 Å². The monoisotopic (exact) mass is 346 g/mol. The van der Waals surface area contributed by atoms with Crippen LogP contribution in [0.4, 0.5) is 5.82 Å². The summed E-state index contributed by atoms with van der Waals surface area (Å²) in [6, 6.07) is 4.27. The van der Waals surface area contributed by atoms with E-state index in [4.69, 9.17) is 5.73 Å². The summed E-state index contributed by atoms with van der Waals surface area (Å²) in [6.07, 6.45) is 3.59. The molecule has 0 saturated carbocycles. The largest absolute Gasteiger partial charge is 0.369 e. The number of nitrogens with two attached hydrogens (primary N) is 1. The van der Waals surface area contributed by atoms with Crippen molar-refractivity contribution in [2.24, 2.45) is 16.6 Å². The predicted octanol–water partition coefficient (Wildman–Crippen LogP) is 1.25. The van der Waals surface area contributed by atoms with Gasteiger partial charge in [-0.15, -0.1) is 0 Å². The molecule has 1 aliphatic rings. The van der Waals surface area contributed by atoms with Crippen LogP contribution in [-0.2, 0) is 11.3 Å². The zero-order valence-electron chi connectivity index (χ0n) is 15.5. The Labute approximate surface area is 150 Å². The van der Waals surface area contributed by atoms with Crippen molar-refractivity contribution in [2.45, 2.75) is 46.2 Å². The second-order valence-corrected chi connectivity index (χ2v) is 6.67. The van der Waals surface area contributed by atoms with E-state index in [0.717, 1.165) is 43.3 Å². The van der Waals surface area contributed by atoms with Crippen LogP contribution in [0.3, 0.4) is 0 Å². The van der Waals surface area contributed by atoms with E-state index in [9.17, 15) is 4.79 Å². The van der Waals surface area contributed by atoms with Gasteiger partial charge in [-0.05, 0) is 39.7 Å². The molecule has 0 aliphatic carbocycles. The lowest BCUT2D eigenvalue weighted by Gasteiger charge is -2.33. The number of rotatable bonds is 6. The third kappa shape index (κ3) is 5.62. The van der Waals surface area contributed by atoms with Gasteiger partial charge in [0.25, 0.3) is 0 Å². The normalized spacial score (nSPS) is 18.3. The summed E-state index contributed by atoms with van der Waals surface area (Å²) in [7, 11) is 0. The summed E-state index contributed by atoms with van der Waals surface area (Å²) in [4.78, 5) is 22.9. The van der Waals surface area contributed by atoms with Gasteiger partial charge in [-0.1, -0.05) is 6.07 Å². The van der Waals surface area contributed by atoms with Crippen molar-refractivity contribution in [1.29, 1.82) is 0 Å². The molecule has 0 radical (unpaired) electrons. The van der Waals surface area contributed by atoms with Gasteiger partial charge in [-0.3, -0.25) is 4.79 Å². The Bertz CT molecular complexity index is 601. The third-order valence-corrected chi connectivity index (χ3v) is 4.17. The van der Waals surface area contributed by atoms with E-state index < -0.39 is 0 Å². The van der Waals surface area contributed by atoms with Gasteiger partial charge in [0.2, 0.25) is 5.91 Å². The van der Waals surface area contributed by atoms with Gasteiger partial charge in [0, 0.05) is 37.4 Å². The molecular weight excluding hydrogens is 316 g/mol. The average Bonchev–Trinajstić information content (AvgIpc) is 2.60. The van der Waals surface area contributed by atoms with E-state index in [1.807, 2.05) is 19.1 Å². The fourth-order valence-electron chi connectivity index (χ4n) is 3.00. The van der Waals surface area contributed by atoms with Gasteiger partial charge in [0.15, 0.2) is 5.96 Å². The Morgan fingerprint density at radius 1 is 1.52 bits per heavy atom. The first-order valence-electron chi connectivity index (χ1n) is 9.04. The minimum Gasteiger partial charge on any atom is -0.369 e. The summed E-state index contributed by atoms with van der Waals surface area (Å²) >= 11 is 0. The lowest BCUT2D eigenvalue weighted by Crippen LogP contribution is -2.42. The van der Waals surface area contributed by atoms with Gasteiger partial charge >= 0.3 is 0 Å². The molecule has 1 atom stereocenters. The number of carbonyl (C=O) groups excluding carboxylic acids is 1. The molecule has 1 aromatic heterocycles. The predicted molar refractivity (Wildman–Crippen MR) is 101 cm³/mol. The highest BCUT2D eigenvalue weighted by Crippen LogP contribution is 2.24. The van der Waals surface area contributed by atoms with Crippen LogP contribution in [0, 0.1) is 5.92 Å². The molecule has 7 heteroatoms. The van der Waals surface area contributed by atoms with Crippen molar-refractivity contribution in [2.75, 3.05) is 24.5 Å². The quantitative estimate of drug-likeness (QED) is 0.532. The smallest absolute Gasteiger partial charge is 0.222 e. The molecule has 0 bridgehead atoms. The number of aromatic nitrogens is 1. The molecule has 138 valence electrons. The fourth-order valence-corrected chi connectivity index (χ4v) is 3.00. The van der Waals surface area contributed by atoms with Crippen molar-refractivity contribution in [3.8, 4) is 0 Å². The van der Waals surface area contributed by atoms with Crippen molar-refractivity contribution in [1.82, 2.24) is 15.6 Å². The number of hydrogen-bond donors (Lipinski definition) is 3. The van der Waals surface area contributed by atoms with Crippen molar-refractivity contribution in [3.63, 3.8) is 0 Å². The molecule has 1 amide bonds. The van der Waals surface area contributed by atoms with Crippen LogP contribution in [0.1, 0.15) is 39.2 Å². The Morgan fingerprint density at radius 3 is 3.00 bits per heavy atom. The van der Waals surface area contributed by atoms with Gasteiger partial charge in [0.1, 0.15) is 5.82 Å². The number of nitrogens with one attached hydrogen (secondary N) is 2. The first-order chi connectivity index (χ1) is 12.0. The number of nitrogens with zero attached hydrogens (tertiary/aromatic N) is 3. The zero-order chi connectivity index (χ0) is 18.2. The first-order valence-corrected chi connectivity index (χ1v) is 9.04. The molecular formula is C18H30N6O. The number of carbonyl (C=O) groups is 1. The third-order valence-electron chi connectivity index (χ3n) is 4.17. The van der Waals surface area contributed by atoms with Crippen LogP contribution < -0.4 is 21.3 Å². The number of primary amides is 1. The highest BCUT2D eigenvalue weighted by molar-refractivity contribution is 5.80. The second-order valence-electron chi connectivity index (χ2n) is 6.67. The second kappa shape index (κ2) is 9.25. The molecule has 4 N–H and O–H groups in total. The highest BCUT2D eigenvalue weighted by Gasteiger charge is 2.25. The molecule has 25 heavy (non-hydrogen) atoms. The fraction of sp³-hybridized carbons (Fsp3) is 0.611. The maximum absolute atomic E-state index is 11.5. The Kier molecular flexibility index (Phi) is 7.03. The molecule has 1 unspecified atom stereocenters. The maximum atomic E-state index is 11.5. The summed E-state index contributed by atoms with van der Waals surface area (Å²) in [5.41, 5.74) is 6.55. The van der Waals surface area contributed by atoms with E-state index >= 15 is 0 Å². The van der Waals surface area contributed by atoms with Crippen LogP contribution in [-0.4, -0.2) is 42.5 Å². The zero-order valence-corrected chi connectivity index (χ0v) is 15.5. The SMILES string of the molecule is CCNC(=NCc1cccnc1N1CCCC(C(N)=O)C1)NC(C)C. The molecule has 1 aliphatic heterocycles. The van der Waals surface area contributed by atoms with E-state index in [2.05, 4.69) is 39.4 Å². The van der Waals surface area contributed by atoms with Crippen LogP contribution >= 0.6 is 0 Å². The molecule has 0 aromatic carbocycles. The van der Waals surface area contributed by atoms with Gasteiger partial charge < -0.3 is 21.3 Å². The number of pyridine rings is 1. The lowest BCUT2D eigenvalue weighted by molar-refractivity contribution is -0.122. The lowest BCUT2D eigenvalue weighted by atomic mass is 9.97. The van der Waals surface area contributed by atoms with Crippen LogP contribution in [0.25, 0.3) is 0 Å². The molecule has 2 rings (SSSR count). The first kappa shape index (κ1) is 19.0. The Balaban J connectivity index is 2.15. The minimum absolute atomic E-state index is 0.105. The van der Waals surface area contributed by atoms with Gasteiger partial charge in [-0.25, -0.2) is 9.98 Å². The average molecular weight is 346 g/mol. The van der Waals surface area contributed by atoms with Crippen LogP contribution in [0.15, 0.2) is 23.3 Å². The highest BCUT2D eigenvalue weighted by atomic mass is 16.1. The summed E-state index contributed by atoms with van der Waals surface area (Å²) in [5.74, 6) is 1.36. The topological polar surface area (TPSA) is 95.6 Å². The van der Waals surface area contributed by atoms with Gasteiger partial charge in [0.05, 0.1) is 12.5 Å². The van der Waals surface area contributed by atoms with Crippen molar-refractivity contribution >= 4 is 17.7 Å². The number of piperidine rings is 1. The molecule has 2 heterocycles. The molecule has 7 nitrogen and oxygen atoms in total. The van der Waals surface area contributed by atoms with E-state index in [1.165, 1.54) is 0 Å².